The predicted octanol–water partition coefficient (Wildman–Crippen LogP) is 1.35. The second-order valence-corrected chi connectivity index (χ2v) is 6.06. The largest absolute Gasteiger partial charge is 0.493 e. The van der Waals surface area contributed by atoms with Crippen LogP contribution in [0.3, 0.4) is 0 Å². The van der Waals surface area contributed by atoms with Gasteiger partial charge in [-0.2, -0.15) is 0 Å². The van der Waals surface area contributed by atoms with E-state index in [0.717, 1.165) is 18.4 Å². The predicted molar refractivity (Wildman–Crippen MR) is 86.3 cm³/mol. The van der Waals surface area contributed by atoms with Crippen molar-refractivity contribution in [1.82, 2.24) is 10.2 Å². The molecule has 1 aliphatic carbocycles. The van der Waals surface area contributed by atoms with Crippen LogP contribution in [0.5, 0.6) is 11.5 Å². The van der Waals surface area contributed by atoms with E-state index in [1.807, 2.05) is 6.07 Å². The average molecular weight is 334 g/mol. The minimum absolute atomic E-state index is 0.122. The number of ether oxygens (including phenoxy) is 3. The van der Waals surface area contributed by atoms with Crippen molar-refractivity contribution in [2.45, 2.75) is 31.4 Å². The Hall–Kier alpha value is -2.44. The Bertz CT molecular complexity index is 629. The molecule has 3 rings (SSSR count). The van der Waals surface area contributed by atoms with Crippen molar-refractivity contribution in [3.63, 3.8) is 0 Å². The van der Waals surface area contributed by atoms with Crippen molar-refractivity contribution in [1.29, 1.82) is 0 Å². The number of nitrogens with one attached hydrogen (secondary N) is 1. The minimum Gasteiger partial charge on any atom is -0.493 e. The summed E-state index contributed by atoms with van der Waals surface area (Å²) >= 11 is 0. The number of cyclic esters (lactones) is 1. The summed E-state index contributed by atoms with van der Waals surface area (Å²) in [6.45, 7) is 0.890. The third-order valence-electron chi connectivity index (χ3n) is 4.23. The second-order valence-electron chi connectivity index (χ2n) is 6.06. The van der Waals surface area contributed by atoms with Crippen LogP contribution in [0.2, 0.25) is 0 Å². The highest BCUT2D eigenvalue weighted by atomic mass is 16.6. The molecule has 0 bridgehead atoms. The molecule has 7 heteroatoms. The zero-order valence-electron chi connectivity index (χ0n) is 13.9. The molecule has 1 atom stereocenters. The molecule has 1 aromatic rings. The van der Waals surface area contributed by atoms with Crippen LogP contribution < -0.4 is 14.8 Å². The van der Waals surface area contributed by atoms with E-state index in [1.165, 1.54) is 0 Å². The molecule has 130 valence electrons. The number of methoxy groups -OCH3 is 2. The summed E-state index contributed by atoms with van der Waals surface area (Å²) in [7, 11) is 3.12. The quantitative estimate of drug-likeness (QED) is 0.814. The number of carbonyl (C=O) groups excluding carboxylic acids is 2. The molecular formula is C17H22N2O5. The Morgan fingerprint density at radius 1 is 1.29 bits per heavy atom. The molecule has 24 heavy (non-hydrogen) atoms. The monoisotopic (exact) mass is 334 g/mol. The van der Waals surface area contributed by atoms with Gasteiger partial charge in [0.25, 0.3) is 0 Å². The van der Waals surface area contributed by atoms with E-state index in [-0.39, 0.29) is 24.5 Å². The Morgan fingerprint density at radius 2 is 2.04 bits per heavy atom. The molecule has 1 aliphatic heterocycles. The van der Waals surface area contributed by atoms with Crippen LogP contribution in [-0.2, 0) is 16.0 Å². The molecule has 1 heterocycles. The van der Waals surface area contributed by atoms with Crippen molar-refractivity contribution >= 4 is 12.0 Å². The fraction of sp³-hybridized carbons (Fsp3) is 0.529. The molecule has 2 amide bonds. The summed E-state index contributed by atoms with van der Waals surface area (Å²) in [4.78, 5) is 25.5. The topological polar surface area (TPSA) is 77.1 Å². The average Bonchev–Trinajstić information content (AvgIpc) is 3.35. The molecule has 0 aromatic heterocycles. The molecule has 1 saturated heterocycles. The lowest BCUT2D eigenvalue weighted by atomic mass is 10.1. The van der Waals surface area contributed by atoms with Gasteiger partial charge in [0.2, 0.25) is 5.91 Å². The second kappa shape index (κ2) is 6.98. The van der Waals surface area contributed by atoms with Gasteiger partial charge in [0.1, 0.15) is 6.10 Å². The van der Waals surface area contributed by atoms with E-state index >= 15 is 0 Å². The molecule has 2 fully saturated rings. The molecule has 1 saturated carbocycles. The van der Waals surface area contributed by atoms with E-state index in [9.17, 15) is 9.59 Å². The first-order valence-corrected chi connectivity index (χ1v) is 8.05. The van der Waals surface area contributed by atoms with Gasteiger partial charge in [0.15, 0.2) is 11.5 Å². The van der Waals surface area contributed by atoms with Crippen molar-refractivity contribution in [2.75, 3.05) is 27.3 Å². The zero-order valence-corrected chi connectivity index (χ0v) is 13.9. The van der Waals surface area contributed by atoms with Crippen LogP contribution in [0.25, 0.3) is 0 Å². The van der Waals surface area contributed by atoms with Gasteiger partial charge in [0, 0.05) is 6.04 Å². The highest BCUT2D eigenvalue weighted by Crippen LogP contribution is 2.30. The van der Waals surface area contributed by atoms with E-state index in [1.54, 1.807) is 31.3 Å². The fourth-order valence-electron chi connectivity index (χ4n) is 2.80. The lowest BCUT2D eigenvalue weighted by Crippen LogP contribution is -2.35. The standard InChI is InChI=1S/C17H22N2O5/c1-22-14-6-3-11(7-15(14)23-2)8-16(20)18-9-13-10-19(12-4-5-12)17(21)24-13/h3,6-7,12-13H,4-5,8-10H2,1-2H3,(H,18,20). The highest BCUT2D eigenvalue weighted by Gasteiger charge is 2.40. The van der Waals surface area contributed by atoms with Gasteiger partial charge < -0.3 is 24.4 Å². The maximum atomic E-state index is 12.1. The van der Waals surface area contributed by atoms with E-state index in [0.29, 0.717) is 30.6 Å². The maximum absolute atomic E-state index is 12.1. The van der Waals surface area contributed by atoms with Crippen LogP contribution >= 0.6 is 0 Å². The Balaban J connectivity index is 1.48. The zero-order chi connectivity index (χ0) is 17.1. The van der Waals surface area contributed by atoms with Gasteiger partial charge in [-0.1, -0.05) is 6.07 Å². The molecule has 0 radical (unpaired) electrons. The van der Waals surface area contributed by atoms with E-state index in [2.05, 4.69) is 5.32 Å². The summed E-state index contributed by atoms with van der Waals surface area (Å²) in [5.74, 6) is 1.09. The number of carbonyl (C=O) groups is 2. The van der Waals surface area contributed by atoms with Crippen LogP contribution in [0.4, 0.5) is 4.79 Å². The van der Waals surface area contributed by atoms with Gasteiger partial charge in [-0.15, -0.1) is 0 Å². The van der Waals surface area contributed by atoms with Crippen LogP contribution in [0.15, 0.2) is 18.2 Å². The lowest BCUT2D eigenvalue weighted by Gasteiger charge is -2.12. The number of nitrogens with zero attached hydrogens (tertiary/aromatic N) is 1. The van der Waals surface area contributed by atoms with E-state index in [4.69, 9.17) is 14.2 Å². The number of hydrogen-bond acceptors (Lipinski definition) is 5. The first-order valence-electron chi connectivity index (χ1n) is 8.05. The van der Waals surface area contributed by atoms with Crippen molar-refractivity contribution in [3.8, 4) is 11.5 Å². The molecule has 1 unspecified atom stereocenters. The first kappa shape index (κ1) is 16.4. The van der Waals surface area contributed by atoms with Crippen LogP contribution in [0.1, 0.15) is 18.4 Å². The first-order chi connectivity index (χ1) is 11.6. The normalized spacial score (nSPS) is 19.8. The summed E-state index contributed by atoms with van der Waals surface area (Å²) in [6, 6.07) is 5.71. The number of benzene rings is 1. The Morgan fingerprint density at radius 3 is 2.71 bits per heavy atom. The van der Waals surface area contributed by atoms with Gasteiger partial charge in [-0.05, 0) is 30.5 Å². The lowest BCUT2D eigenvalue weighted by molar-refractivity contribution is -0.120. The van der Waals surface area contributed by atoms with Crippen molar-refractivity contribution in [2.24, 2.45) is 0 Å². The Kier molecular flexibility index (Phi) is 4.78. The number of hydrogen-bond donors (Lipinski definition) is 1. The molecule has 2 aliphatic rings. The van der Waals surface area contributed by atoms with Gasteiger partial charge in [-0.3, -0.25) is 4.79 Å². The van der Waals surface area contributed by atoms with Gasteiger partial charge >= 0.3 is 6.09 Å². The third-order valence-corrected chi connectivity index (χ3v) is 4.23. The van der Waals surface area contributed by atoms with Crippen molar-refractivity contribution < 1.29 is 23.8 Å². The SMILES string of the molecule is COc1ccc(CC(=O)NCC2CN(C3CC3)C(=O)O2)cc1OC. The van der Waals surface area contributed by atoms with Crippen LogP contribution in [0, 0.1) is 0 Å². The smallest absolute Gasteiger partial charge is 0.410 e. The molecule has 1 N–H and O–H groups in total. The van der Waals surface area contributed by atoms with E-state index < -0.39 is 0 Å². The van der Waals surface area contributed by atoms with Crippen molar-refractivity contribution in [3.05, 3.63) is 23.8 Å². The van der Waals surface area contributed by atoms with Gasteiger partial charge in [-0.25, -0.2) is 4.79 Å². The molecular weight excluding hydrogens is 312 g/mol. The fourth-order valence-corrected chi connectivity index (χ4v) is 2.80. The Labute approximate surface area is 140 Å². The summed E-state index contributed by atoms with van der Waals surface area (Å²) in [5.41, 5.74) is 0.827. The van der Waals surface area contributed by atoms with Gasteiger partial charge in [0.05, 0.1) is 33.7 Å². The summed E-state index contributed by atoms with van der Waals surface area (Å²) in [6.07, 6.45) is 1.79. The maximum Gasteiger partial charge on any atom is 0.410 e. The molecule has 0 spiro atoms. The third kappa shape index (κ3) is 3.72. The summed E-state index contributed by atoms with van der Waals surface area (Å²) in [5, 5.41) is 2.82. The molecule has 7 nitrogen and oxygen atoms in total. The summed E-state index contributed by atoms with van der Waals surface area (Å²) < 4.78 is 15.7. The minimum atomic E-state index is -0.271. The number of rotatable bonds is 7. The molecule has 1 aromatic carbocycles. The van der Waals surface area contributed by atoms with Crippen LogP contribution in [-0.4, -0.2) is 56.4 Å². The highest BCUT2D eigenvalue weighted by molar-refractivity contribution is 5.79. The number of amides is 2.